The van der Waals surface area contributed by atoms with Crippen molar-refractivity contribution in [3.8, 4) is 11.7 Å². The molecule has 8 nitrogen and oxygen atoms in total. The number of ether oxygens (including phenoxy) is 1. The second-order valence-corrected chi connectivity index (χ2v) is 6.93. The van der Waals surface area contributed by atoms with Gasteiger partial charge in [-0.2, -0.15) is 4.68 Å². The van der Waals surface area contributed by atoms with Crippen molar-refractivity contribution in [2.45, 2.75) is 13.0 Å². The molecular formula is C17H15IN6O2. The summed E-state index contributed by atoms with van der Waals surface area (Å²) in [4.78, 5) is 23.0. The van der Waals surface area contributed by atoms with Gasteiger partial charge in [-0.05, 0) is 46.9 Å². The molecule has 0 radical (unpaired) electrons. The molecule has 0 unspecified atom stereocenters. The monoisotopic (exact) mass is 462 g/mol. The third kappa shape index (κ3) is 3.02. The first-order valence-electron chi connectivity index (χ1n) is 8.01. The van der Waals surface area contributed by atoms with Gasteiger partial charge in [-0.15, -0.1) is 5.10 Å². The Morgan fingerprint density at radius 3 is 2.81 bits per heavy atom. The maximum Gasteiger partial charge on any atom is 0.254 e. The maximum absolute atomic E-state index is 12.8. The largest absolute Gasteiger partial charge is 0.496 e. The lowest BCUT2D eigenvalue weighted by atomic mass is 10.1. The molecule has 1 aliphatic rings. The molecule has 132 valence electrons. The van der Waals surface area contributed by atoms with Crippen LogP contribution < -0.4 is 4.74 Å². The van der Waals surface area contributed by atoms with Crippen molar-refractivity contribution in [1.29, 1.82) is 0 Å². The molecule has 0 N–H and O–H groups in total. The zero-order valence-electron chi connectivity index (χ0n) is 14.0. The number of rotatable bonds is 3. The van der Waals surface area contributed by atoms with Crippen LogP contribution in [0.15, 0.2) is 36.7 Å². The number of carbonyl (C=O) groups excluding carboxylic acids is 1. The summed E-state index contributed by atoms with van der Waals surface area (Å²) in [6, 6.07) is 7.19. The molecule has 0 atom stereocenters. The molecule has 9 heteroatoms. The fourth-order valence-electron chi connectivity index (χ4n) is 2.92. The number of hydrogen-bond acceptors (Lipinski definition) is 6. The minimum atomic E-state index is -0.0262. The topological polar surface area (TPSA) is 86.0 Å². The van der Waals surface area contributed by atoms with Crippen molar-refractivity contribution < 1.29 is 9.53 Å². The third-order valence-corrected chi connectivity index (χ3v) is 5.07. The molecule has 0 saturated heterocycles. The minimum Gasteiger partial charge on any atom is -0.496 e. The lowest BCUT2D eigenvalue weighted by Gasteiger charge is -2.26. The highest BCUT2D eigenvalue weighted by Crippen LogP contribution is 2.24. The summed E-state index contributed by atoms with van der Waals surface area (Å²) in [5.74, 6) is 1.22. The van der Waals surface area contributed by atoms with Crippen molar-refractivity contribution in [2.24, 2.45) is 0 Å². The first kappa shape index (κ1) is 16.9. The number of aromatic nitrogens is 5. The average Bonchev–Trinajstić information content (AvgIpc) is 3.11. The molecule has 1 amide bonds. The van der Waals surface area contributed by atoms with Crippen molar-refractivity contribution in [3.05, 3.63) is 57.2 Å². The van der Waals surface area contributed by atoms with Crippen LogP contribution >= 0.6 is 22.6 Å². The summed E-state index contributed by atoms with van der Waals surface area (Å²) in [7, 11) is 1.62. The molecule has 2 aromatic heterocycles. The molecule has 3 aromatic rings. The van der Waals surface area contributed by atoms with E-state index in [-0.39, 0.29) is 5.91 Å². The third-order valence-electron chi connectivity index (χ3n) is 4.23. The van der Waals surface area contributed by atoms with Crippen LogP contribution in [0.3, 0.4) is 0 Å². The normalized spacial score (nSPS) is 13.4. The Balaban J connectivity index is 1.57. The first-order chi connectivity index (χ1) is 12.7. The van der Waals surface area contributed by atoms with E-state index in [0.717, 1.165) is 20.7 Å². The molecule has 0 saturated carbocycles. The Bertz CT molecular complexity index is 959. The molecule has 1 aromatic carbocycles. The molecule has 0 spiro atoms. The van der Waals surface area contributed by atoms with E-state index in [9.17, 15) is 4.79 Å². The van der Waals surface area contributed by atoms with E-state index < -0.39 is 0 Å². The van der Waals surface area contributed by atoms with Gasteiger partial charge in [0.05, 0.1) is 22.9 Å². The van der Waals surface area contributed by atoms with E-state index in [0.29, 0.717) is 31.0 Å². The number of carbonyl (C=O) groups is 1. The van der Waals surface area contributed by atoms with Crippen molar-refractivity contribution in [2.75, 3.05) is 13.7 Å². The van der Waals surface area contributed by atoms with Crippen LogP contribution in [0.5, 0.6) is 5.75 Å². The summed E-state index contributed by atoms with van der Waals surface area (Å²) in [5.41, 5.74) is 2.36. The van der Waals surface area contributed by atoms with E-state index in [2.05, 4.69) is 42.9 Å². The number of fused-ring (bicyclic) bond motifs is 1. The number of hydrogen-bond donors (Lipinski definition) is 0. The van der Waals surface area contributed by atoms with Gasteiger partial charge in [-0.3, -0.25) is 4.79 Å². The van der Waals surface area contributed by atoms with E-state index in [1.807, 2.05) is 12.1 Å². The highest BCUT2D eigenvalue weighted by atomic mass is 127. The number of methoxy groups -OCH3 is 1. The standard InChI is InChI=1S/C17H15IN6O2/c1-26-15-4-3-11(9-12(15)18)16(25)23-8-5-14-13(10-23)21-22-24(14)17-19-6-2-7-20-17/h2-4,6-7,9H,5,8,10H2,1H3. The number of amides is 1. The van der Waals surface area contributed by atoms with Crippen LogP contribution in [0.4, 0.5) is 0 Å². The van der Waals surface area contributed by atoms with Gasteiger partial charge in [0.25, 0.3) is 11.9 Å². The van der Waals surface area contributed by atoms with E-state index in [4.69, 9.17) is 4.74 Å². The van der Waals surface area contributed by atoms with Gasteiger partial charge in [-0.25, -0.2) is 9.97 Å². The van der Waals surface area contributed by atoms with Crippen molar-refractivity contribution in [3.63, 3.8) is 0 Å². The predicted octanol–water partition coefficient (Wildman–Crippen LogP) is 1.87. The Labute approximate surface area is 163 Å². The Kier molecular flexibility index (Phi) is 4.53. The molecule has 1 aliphatic heterocycles. The number of halogens is 1. The van der Waals surface area contributed by atoms with Crippen molar-refractivity contribution in [1.82, 2.24) is 29.9 Å². The molecule has 0 fully saturated rings. The predicted molar refractivity (Wildman–Crippen MR) is 101 cm³/mol. The van der Waals surface area contributed by atoms with Gasteiger partial charge in [0.15, 0.2) is 0 Å². The van der Waals surface area contributed by atoms with Crippen molar-refractivity contribution >= 4 is 28.5 Å². The van der Waals surface area contributed by atoms with Crippen LogP contribution in [-0.2, 0) is 13.0 Å². The van der Waals surface area contributed by atoms with Gasteiger partial charge < -0.3 is 9.64 Å². The second kappa shape index (κ2) is 6.98. The Morgan fingerprint density at radius 2 is 2.08 bits per heavy atom. The zero-order chi connectivity index (χ0) is 18.1. The van der Waals surface area contributed by atoms with Crippen LogP contribution in [0.2, 0.25) is 0 Å². The minimum absolute atomic E-state index is 0.0262. The number of benzene rings is 1. The summed E-state index contributed by atoms with van der Waals surface area (Å²) in [6.07, 6.45) is 3.99. The average molecular weight is 462 g/mol. The fourth-order valence-corrected chi connectivity index (χ4v) is 3.66. The molecule has 0 bridgehead atoms. The van der Waals surface area contributed by atoms with Crippen LogP contribution in [0.1, 0.15) is 21.7 Å². The van der Waals surface area contributed by atoms with Crippen LogP contribution in [-0.4, -0.2) is 49.4 Å². The van der Waals surface area contributed by atoms with Crippen LogP contribution in [0.25, 0.3) is 5.95 Å². The second-order valence-electron chi connectivity index (χ2n) is 5.77. The highest BCUT2D eigenvalue weighted by Gasteiger charge is 2.27. The molecule has 26 heavy (non-hydrogen) atoms. The van der Waals surface area contributed by atoms with E-state index >= 15 is 0 Å². The summed E-state index contributed by atoms with van der Waals surface area (Å²) < 4.78 is 7.80. The fraction of sp³-hybridized carbons (Fsp3) is 0.235. The van der Waals surface area contributed by atoms with Gasteiger partial charge in [0.1, 0.15) is 11.4 Å². The van der Waals surface area contributed by atoms with Gasteiger partial charge in [-0.1, -0.05) is 5.21 Å². The smallest absolute Gasteiger partial charge is 0.254 e. The highest BCUT2D eigenvalue weighted by molar-refractivity contribution is 14.1. The molecule has 4 rings (SSSR count). The molecular weight excluding hydrogens is 447 g/mol. The lowest BCUT2D eigenvalue weighted by molar-refractivity contribution is 0.0731. The lowest BCUT2D eigenvalue weighted by Crippen LogP contribution is -2.36. The maximum atomic E-state index is 12.8. The van der Waals surface area contributed by atoms with Gasteiger partial charge >= 0.3 is 0 Å². The van der Waals surface area contributed by atoms with Gasteiger partial charge in [0.2, 0.25) is 0 Å². The summed E-state index contributed by atoms with van der Waals surface area (Å²) in [6.45, 7) is 1.01. The first-order valence-corrected chi connectivity index (χ1v) is 9.09. The summed E-state index contributed by atoms with van der Waals surface area (Å²) in [5, 5.41) is 8.38. The van der Waals surface area contributed by atoms with Crippen LogP contribution in [0, 0.1) is 3.57 Å². The molecule has 0 aliphatic carbocycles. The Hall–Kier alpha value is -2.56. The SMILES string of the molecule is COc1ccc(C(=O)N2CCc3c(nnn3-c3ncccn3)C2)cc1I. The van der Waals surface area contributed by atoms with E-state index in [1.54, 1.807) is 41.2 Å². The number of nitrogens with zero attached hydrogens (tertiary/aromatic N) is 6. The molecule has 3 heterocycles. The van der Waals surface area contributed by atoms with E-state index in [1.165, 1.54) is 0 Å². The quantitative estimate of drug-likeness (QED) is 0.553. The summed E-state index contributed by atoms with van der Waals surface area (Å²) >= 11 is 2.16. The Morgan fingerprint density at radius 1 is 1.27 bits per heavy atom. The zero-order valence-corrected chi connectivity index (χ0v) is 16.1. The van der Waals surface area contributed by atoms with Gasteiger partial charge in [0, 0.05) is 30.9 Å².